The Kier molecular flexibility index (Phi) is 4.61. The second-order valence-electron chi connectivity index (χ2n) is 7.01. The van der Waals surface area contributed by atoms with Crippen LogP contribution in [-0.2, 0) is 29.4 Å². The van der Waals surface area contributed by atoms with E-state index in [1.165, 1.54) is 5.56 Å². The predicted octanol–water partition coefficient (Wildman–Crippen LogP) is 3.46. The van der Waals surface area contributed by atoms with Gasteiger partial charge in [0.2, 0.25) is 10.0 Å². The molecular weight excluding hydrogens is 358 g/mol. The molecule has 0 amide bonds. The quantitative estimate of drug-likeness (QED) is 0.736. The van der Waals surface area contributed by atoms with E-state index in [0.717, 1.165) is 47.5 Å². The zero-order valence-corrected chi connectivity index (χ0v) is 16.4. The summed E-state index contributed by atoms with van der Waals surface area (Å²) < 4.78 is 30.1. The van der Waals surface area contributed by atoms with Crippen molar-refractivity contribution in [2.45, 2.75) is 44.6 Å². The van der Waals surface area contributed by atoms with Crippen LogP contribution in [0.2, 0.25) is 0 Å². The van der Waals surface area contributed by atoms with E-state index in [1.54, 1.807) is 6.07 Å². The molecule has 2 aromatic carbocycles. The summed E-state index contributed by atoms with van der Waals surface area (Å²) in [6.07, 6.45) is 3.10. The zero-order chi connectivity index (χ0) is 19.0. The highest BCUT2D eigenvalue weighted by Crippen LogP contribution is 2.25. The van der Waals surface area contributed by atoms with Gasteiger partial charge in [-0.25, -0.2) is 17.8 Å². The van der Waals surface area contributed by atoms with E-state index in [-0.39, 0.29) is 6.54 Å². The molecule has 5 nitrogen and oxygen atoms in total. The summed E-state index contributed by atoms with van der Waals surface area (Å²) in [5.41, 5.74) is 6.06. The van der Waals surface area contributed by atoms with Crippen LogP contribution in [0.3, 0.4) is 0 Å². The van der Waals surface area contributed by atoms with Crippen LogP contribution in [0.1, 0.15) is 34.5 Å². The van der Waals surface area contributed by atoms with Crippen molar-refractivity contribution in [3.63, 3.8) is 0 Å². The van der Waals surface area contributed by atoms with Crippen molar-refractivity contribution in [2.24, 2.45) is 0 Å². The third-order valence-electron chi connectivity index (χ3n) is 5.26. The molecule has 1 aliphatic rings. The minimum atomic E-state index is -3.56. The molecule has 3 aromatic rings. The van der Waals surface area contributed by atoms with Crippen molar-refractivity contribution in [3.05, 3.63) is 76.6 Å². The van der Waals surface area contributed by atoms with Crippen LogP contribution in [0.4, 0.5) is 0 Å². The first-order valence-corrected chi connectivity index (χ1v) is 10.7. The lowest BCUT2D eigenvalue weighted by atomic mass is 10.1. The Morgan fingerprint density at radius 3 is 2.56 bits per heavy atom. The molecule has 1 aromatic heterocycles. The molecular formula is C21H23N3O2S. The molecule has 0 saturated heterocycles. The van der Waals surface area contributed by atoms with Gasteiger partial charge in [0.05, 0.1) is 16.3 Å². The minimum Gasteiger partial charge on any atom is -0.238 e. The van der Waals surface area contributed by atoms with Gasteiger partial charge in [0.1, 0.15) is 0 Å². The summed E-state index contributed by atoms with van der Waals surface area (Å²) in [7, 11) is -3.56. The van der Waals surface area contributed by atoms with Gasteiger partial charge in [-0.15, -0.1) is 0 Å². The van der Waals surface area contributed by atoms with Crippen molar-refractivity contribution in [1.29, 1.82) is 0 Å². The number of hydrogen-bond donors (Lipinski definition) is 1. The fourth-order valence-electron chi connectivity index (χ4n) is 3.72. The van der Waals surface area contributed by atoms with Crippen LogP contribution in [0.5, 0.6) is 0 Å². The van der Waals surface area contributed by atoms with Gasteiger partial charge < -0.3 is 0 Å². The molecule has 0 bridgehead atoms. The molecule has 1 heterocycles. The zero-order valence-electron chi connectivity index (χ0n) is 15.6. The van der Waals surface area contributed by atoms with E-state index in [4.69, 9.17) is 0 Å². The number of nitrogens with zero attached hydrogens (tertiary/aromatic N) is 2. The first-order chi connectivity index (χ1) is 13.0. The van der Waals surface area contributed by atoms with Crippen LogP contribution in [0, 0.1) is 13.8 Å². The summed E-state index contributed by atoms with van der Waals surface area (Å²) in [5.74, 6) is 0. The molecule has 0 atom stereocenters. The number of sulfonamides is 1. The molecule has 0 unspecified atom stereocenters. The molecule has 1 N–H and O–H groups in total. The standard InChI is InChI=1S/C21H23N3O2S/c1-15-21(16(2)24(23-15)19-9-4-3-5-10-19)14-22-27(25,26)20-12-11-17-7-6-8-18(17)13-20/h3-5,9-13,22H,6-8,14H2,1-2H3. The number of nitrogens with one attached hydrogen (secondary N) is 1. The number of aryl methyl sites for hydroxylation is 3. The Bertz CT molecular complexity index is 1090. The fraction of sp³-hybridized carbons (Fsp3) is 0.286. The Morgan fingerprint density at radius 1 is 1.04 bits per heavy atom. The Hall–Kier alpha value is -2.44. The summed E-state index contributed by atoms with van der Waals surface area (Å²) in [6, 6.07) is 15.3. The highest BCUT2D eigenvalue weighted by atomic mass is 32.2. The van der Waals surface area contributed by atoms with Crippen LogP contribution in [-0.4, -0.2) is 18.2 Å². The number of aromatic nitrogens is 2. The SMILES string of the molecule is Cc1nn(-c2ccccc2)c(C)c1CNS(=O)(=O)c1ccc2c(c1)CCC2. The van der Waals surface area contributed by atoms with Gasteiger partial charge in [-0.1, -0.05) is 24.3 Å². The van der Waals surface area contributed by atoms with Gasteiger partial charge >= 0.3 is 0 Å². The van der Waals surface area contributed by atoms with E-state index in [0.29, 0.717) is 4.90 Å². The van der Waals surface area contributed by atoms with E-state index < -0.39 is 10.0 Å². The highest BCUT2D eigenvalue weighted by Gasteiger charge is 2.20. The van der Waals surface area contributed by atoms with Crippen molar-refractivity contribution in [2.75, 3.05) is 0 Å². The van der Waals surface area contributed by atoms with Gasteiger partial charge in [0.15, 0.2) is 0 Å². The second-order valence-corrected chi connectivity index (χ2v) is 8.77. The van der Waals surface area contributed by atoms with E-state index in [2.05, 4.69) is 9.82 Å². The maximum Gasteiger partial charge on any atom is 0.240 e. The minimum absolute atomic E-state index is 0.226. The number of para-hydroxylation sites is 1. The Labute approximate surface area is 160 Å². The molecule has 0 spiro atoms. The molecule has 0 fully saturated rings. The van der Waals surface area contributed by atoms with Crippen LogP contribution in [0.25, 0.3) is 5.69 Å². The van der Waals surface area contributed by atoms with Crippen LogP contribution >= 0.6 is 0 Å². The van der Waals surface area contributed by atoms with E-state index in [1.807, 2.05) is 61.0 Å². The second kappa shape index (κ2) is 6.94. The van der Waals surface area contributed by atoms with Gasteiger partial charge in [-0.05, 0) is 68.5 Å². The molecule has 1 aliphatic carbocycles. The normalized spacial score (nSPS) is 13.7. The topological polar surface area (TPSA) is 64.0 Å². The molecule has 4 rings (SSSR count). The smallest absolute Gasteiger partial charge is 0.238 e. The van der Waals surface area contributed by atoms with Crippen molar-refractivity contribution in [3.8, 4) is 5.69 Å². The molecule has 140 valence electrons. The summed E-state index contributed by atoms with van der Waals surface area (Å²) >= 11 is 0. The lowest BCUT2D eigenvalue weighted by Crippen LogP contribution is -2.24. The number of fused-ring (bicyclic) bond motifs is 1. The van der Waals surface area contributed by atoms with Crippen molar-refractivity contribution >= 4 is 10.0 Å². The van der Waals surface area contributed by atoms with Crippen molar-refractivity contribution in [1.82, 2.24) is 14.5 Å². The largest absolute Gasteiger partial charge is 0.240 e. The van der Waals surface area contributed by atoms with Crippen LogP contribution < -0.4 is 4.72 Å². The molecule has 0 radical (unpaired) electrons. The molecule has 0 aliphatic heterocycles. The van der Waals surface area contributed by atoms with Gasteiger partial charge in [0, 0.05) is 17.8 Å². The van der Waals surface area contributed by atoms with Gasteiger partial charge in [-0.2, -0.15) is 5.10 Å². The summed E-state index contributed by atoms with van der Waals surface area (Å²) in [6.45, 7) is 4.10. The number of rotatable bonds is 5. The third kappa shape index (κ3) is 3.42. The first-order valence-electron chi connectivity index (χ1n) is 9.18. The highest BCUT2D eigenvalue weighted by molar-refractivity contribution is 7.89. The van der Waals surface area contributed by atoms with E-state index in [9.17, 15) is 8.42 Å². The predicted molar refractivity (Wildman–Crippen MR) is 106 cm³/mol. The monoisotopic (exact) mass is 381 g/mol. The van der Waals surface area contributed by atoms with E-state index >= 15 is 0 Å². The van der Waals surface area contributed by atoms with Gasteiger partial charge in [-0.3, -0.25) is 0 Å². The molecule has 0 saturated carbocycles. The summed E-state index contributed by atoms with van der Waals surface area (Å²) in [4.78, 5) is 0.342. The molecule has 6 heteroatoms. The fourth-order valence-corrected chi connectivity index (χ4v) is 4.76. The average Bonchev–Trinajstić information content (AvgIpc) is 3.24. The first kappa shape index (κ1) is 17.9. The maximum atomic E-state index is 12.8. The number of hydrogen-bond acceptors (Lipinski definition) is 3. The summed E-state index contributed by atoms with van der Waals surface area (Å²) in [5, 5.41) is 4.58. The third-order valence-corrected chi connectivity index (χ3v) is 6.66. The van der Waals surface area contributed by atoms with Gasteiger partial charge in [0.25, 0.3) is 0 Å². The van der Waals surface area contributed by atoms with Crippen LogP contribution in [0.15, 0.2) is 53.4 Å². The van der Waals surface area contributed by atoms with Crippen molar-refractivity contribution < 1.29 is 8.42 Å². The Morgan fingerprint density at radius 2 is 1.78 bits per heavy atom. The lowest BCUT2D eigenvalue weighted by Gasteiger charge is -2.09. The number of benzene rings is 2. The average molecular weight is 382 g/mol. The Balaban J connectivity index is 1.57. The maximum absolute atomic E-state index is 12.8. The lowest BCUT2D eigenvalue weighted by molar-refractivity contribution is 0.581. The molecule has 27 heavy (non-hydrogen) atoms.